The van der Waals surface area contributed by atoms with Crippen molar-refractivity contribution in [2.75, 3.05) is 55.1 Å². The highest BCUT2D eigenvalue weighted by Gasteiger charge is 2.44. The molecular weight excluding hydrogens is 945 g/mol. The highest BCUT2D eigenvalue weighted by atomic mass is 32.1. The van der Waals surface area contributed by atoms with Gasteiger partial charge >= 0.3 is 6.01 Å². The minimum atomic E-state index is -0.884. The molecule has 3 atom stereocenters. The van der Waals surface area contributed by atoms with E-state index in [-0.39, 0.29) is 55.6 Å². The van der Waals surface area contributed by atoms with Gasteiger partial charge in [0.05, 0.1) is 48.2 Å². The van der Waals surface area contributed by atoms with Crippen LogP contribution in [0.5, 0.6) is 6.01 Å². The second kappa shape index (κ2) is 26.3. The van der Waals surface area contributed by atoms with E-state index < -0.39 is 23.6 Å². The van der Waals surface area contributed by atoms with Crippen molar-refractivity contribution in [3.8, 4) is 16.5 Å². The first kappa shape index (κ1) is 54.0. The first-order valence-corrected chi connectivity index (χ1v) is 26.2. The average Bonchev–Trinajstić information content (AvgIpc) is 4.00. The zero-order valence-corrected chi connectivity index (χ0v) is 43.5. The summed E-state index contributed by atoms with van der Waals surface area (Å²) in [4.78, 5) is 71.7. The van der Waals surface area contributed by atoms with Gasteiger partial charge in [-0.1, -0.05) is 106 Å². The van der Waals surface area contributed by atoms with E-state index in [1.165, 1.54) is 4.90 Å². The molecule has 5 aromatic rings. The molecule has 0 spiro atoms. The lowest BCUT2D eigenvalue weighted by Crippen LogP contribution is -2.57. The predicted molar refractivity (Wildman–Crippen MR) is 286 cm³/mol. The van der Waals surface area contributed by atoms with Crippen molar-refractivity contribution in [2.45, 2.75) is 117 Å². The van der Waals surface area contributed by atoms with Gasteiger partial charge in [-0.3, -0.25) is 24.6 Å². The summed E-state index contributed by atoms with van der Waals surface area (Å²) < 4.78 is 11.6. The number of β-amino-alcohol motifs (C(OH)–C–C–N with tert-alkyl or cyclic N) is 1. The zero-order valence-electron chi connectivity index (χ0n) is 42.7. The second-order valence-corrected chi connectivity index (χ2v) is 20.7. The molecule has 18 heteroatoms. The standard InChI is InChI=1S/C55H70N10O7S/c1-37-12-11-13-41(30-37)34-58-63-46-32-47(64-25-28-71-29-26-64)61-54(60-46)72-27-24-39-18-22-43(23-19-39)59-48(67)14-9-7-6-8-10-15-49(68)62-51(55(3,4)5)53(70)65-35-44(66)31-45(65)52(69)56-33-40-16-20-42(21-17-40)50-38(2)57-36-73-50/h11-13,16-23,30,32,34,36,44-45,51,66H,6-10,14-15,24-29,31,33,35H2,1-5H3,(H,56,69)(H,59,67)(H,62,68)(H,60,61,63)/b58-34+/t44-,45+,51-/m1/s1. The maximum absolute atomic E-state index is 14.0. The number of hydrogen-bond acceptors (Lipinski definition) is 14. The number of aryl methyl sites for hydroxylation is 2. The van der Waals surface area contributed by atoms with Crippen LogP contribution in [0.25, 0.3) is 10.4 Å². The summed E-state index contributed by atoms with van der Waals surface area (Å²) in [6, 6.07) is 24.0. The highest BCUT2D eigenvalue weighted by Crippen LogP contribution is 2.29. The van der Waals surface area contributed by atoms with Crippen LogP contribution >= 0.6 is 11.3 Å². The number of hydrogen-bond donors (Lipinski definition) is 5. The molecule has 4 amide bonds. The van der Waals surface area contributed by atoms with Crippen LogP contribution in [-0.4, -0.2) is 112 Å². The monoisotopic (exact) mass is 1010 g/mol. The normalized spacial score (nSPS) is 16.3. The van der Waals surface area contributed by atoms with E-state index in [9.17, 15) is 24.3 Å². The maximum Gasteiger partial charge on any atom is 0.320 e. The Hall–Kier alpha value is -6.76. The molecular formula is C55H70N10O7S. The fourth-order valence-electron chi connectivity index (χ4n) is 8.77. The minimum Gasteiger partial charge on any atom is -0.463 e. The number of morpholine rings is 1. The maximum atomic E-state index is 14.0. The number of hydrazone groups is 1. The van der Waals surface area contributed by atoms with E-state index in [2.05, 4.69) is 46.3 Å². The number of thiazole rings is 1. The van der Waals surface area contributed by atoms with E-state index in [1.807, 2.05) is 119 Å². The summed E-state index contributed by atoms with van der Waals surface area (Å²) >= 11 is 1.58. The zero-order chi connectivity index (χ0) is 51.7. The van der Waals surface area contributed by atoms with Crippen LogP contribution in [0.3, 0.4) is 0 Å². The van der Waals surface area contributed by atoms with Crippen molar-refractivity contribution in [3.63, 3.8) is 0 Å². The van der Waals surface area contributed by atoms with Gasteiger partial charge in [0.15, 0.2) is 5.82 Å². The van der Waals surface area contributed by atoms with Crippen molar-refractivity contribution in [2.24, 2.45) is 10.5 Å². The summed E-state index contributed by atoms with van der Waals surface area (Å²) in [6.07, 6.45) is 6.11. The van der Waals surface area contributed by atoms with Gasteiger partial charge in [-0.05, 0) is 66.5 Å². The first-order chi connectivity index (χ1) is 35.2. The smallest absolute Gasteiger partial charge is 0.320 e. The number of carbonyl (C=O) groups is 4. The van der Waals surface area contributed by atoms with Gasteiger partial charge in [-0.15, -0.1) is 11.3 Å². The number of aliphatic hydroxyl groups is 1. The van der Waals surface area contributed by atoms with Crippen LogP contribution in [0, 0.1) is 19.3 Å². The average molecular weight is 1020 g/mol. The number of aromatic nitrogens is 3. The van der Waals surface area contributed by atoms with Gasteiger partial charge in [0.1, 0.15) is 17.9 Å². The van der Waals surface area contributed by atoms with E-state index in [0.717, 1.165) is 75.6 Å². The Balaban J connectivity index is 0.782. The van der Waals surface area contributed by atoms with E-state index in [4.69, 9.17) is 9.47 Å². The number of ether oxygens (including phenoxy) is 2. The van der Waals surface area contributed by atoms with Crippen LogP contribution in [0.1, 0.15) is 100 Å². The molecule has 17 nitrogen and oxygen atoms in total. The quantitative estimate of drug-likeness (QED) is 0.0243. The number of nitrogens with zero attached hydrogens (tertiary/aromatic N) is 6. The van der Waals surface area contributed by atoms with E-state index in [0.29, 0.717) is 58.0 Å². The van der Waals surface area contributed by atoms with Gasteiger partial charge in [-0.25, -0.2) is 4.98 Å². The highest BCUT2D eigenvalue weighted by molar-refractivity contribution is 7.13. The lowest BCUT2D eigenvalue weighted by molar-refractivity contribution is -0.144. The Kier molecular flexibility index (Phi) is 19.4. The van der Waals surface area contributed by atoms with Gasteiger partial charge in [-0.2, -0.15) is 15.1 Å². The Morgan fingerprint density at radius 1 is 0.904 bits per heavy atom. The van der Waals surface area contributed by atoms with Gasteiger partial charge in [0, 0.05) is 63.6 Å². The number of likely N-dealkylation sites (tertiary alicyclic amines) is 1. The molecule has 0 saturated carbocycles. The number of rotatable bonds is 23. The number of benzene rings is 3. The Morgan fingerprint density at radius 3 is 2.32 bits per heavy atom. The molecule has 2 fully saturated rings. The fraction of sp³-hybridized carbons (Fsp3) is 0.455. The summed E-state index contributed by atoms with van der Waals surface area (Å²) in [6.45, 7) is 12.9. The largest absolute Gasteiger partial charge is 0.463 e. The Bertz CT molecular complexity index is 2650. The molecule has 2 aliphatic heterocycles. The molecule has 0 radical (unpaired) electrons. The number of aliphatic hydroxyl groups excluding tert-OH is 1. The predicted octanol–water partition coefficient (Wildman–Crippen LogP) is 7.60. The number of nitrogens with one attached hydrogen (secondary N) is 4. The molecule has 4 heterocycles. The number of amides is 4. The van der Waals surface area contributed by atoms with E-state index in [1.54, 1.807) is 17.6 Å². The lowest BCUT2D eigenvalue weighted by atomic mass is 9.85. The molecule has 388 valence electrons. The third-order valence-electron chi connectivity index (χ3n) is 12.8. The van der Waals surface area contributed by atoms with E-state index >= 15 is 0 Å². The van der Waals surface area contributed by atoms with Gasteiger partial charge in [0.2, 0.25) is 23.6 Å². The summed E-state index contributed by atoms with van der Waals surface area (Å²) in [5.74, 6) is 0.225. The van der Waals surface area contributed by atoms with Crippen molar-refractivity contribution in [3.05, 3.63) is 112 Å². The minimum absolute atomic E-state index is 0.0131. The molecule has 7 rings (SSSR count). The van der Waals surface area contributed by atoms with Crippen molar-refractivity contribution in [1.29, 1.82) is 0 Å². The van der Waals surface area contributed by atoms with Crippen molar-refractivity contribution < 1.29 is 33.8 Å². The molecule has 0 aliphatic carbocycles. The Morgan fingerprint density at radius 2 is 1.62 bits per heavy atom. The number of anilines is 3. The molecule has 5 N–H and O–H groups in total. The third-order valence-corrected chi connectivity index (χ3v) is 13.8. The van der Waals surface area contributed by atoms with Crippen LogP contribution in [0.2, 0.25) is 0 Å². The van der Waals surface area contributed by atoms with Gasteiger partial charge < -0.3 is 40.3 Å². The van der Waals surface area contributed by atoms with Crippen molar-refractivity contribution >= 4 is 58.5 Å². The van der Waals surface area contributed by atoms with Crippen LogP contribution < -0.4 is 31.0 Å². The summed E-state index contributed by atoms with van der Waals surface area (Å²) in [5.41, 5.74) is 11.0. The number of carbonyl (C=O) groups excluding carboxylic acids is 4. The second-order valence-electron chi connectivity index (χ2n) is 19.8. The first-order valence-electron chi connectivity index (χ1n) is 25.3. The van der Waals surface area contributed by atoms with Crippen molar-refractivity contribution in [1.82, 2.24) is 30.5 Å². The number of unbranched alkanes of at least 4 members (excludes halogenated alkanes) is 4. The van der Waals surface area contributed by atoms with Gasteiger partial charge in [0.25, 0.3) is 0 Å². The molecule has 0 unspecified atom stereocenters. The molecule has 3 aromatic carbocycles. The lowest BCUT2D eigenvalue weighted by Gasteiger charge is -2.35. The van der Waals surface area contributed by atoms with Crippen LogP contribution in [0.4, 0.5) is 17.3 Å². The van der Waals surface area contributed by atoms with Crippen LogP contribution in [0.15, 0.2) is 89.5 Å². The molecule has 73 heavy (non-hydrogen) atoms. The molecule has 2 aromatic heterocycles. The third kappa shape index (κ3) is 16.4. The Labute approximate surface area is 432 Å². The summed E-state index contributed by atoms with van der Waals surface area (Å²) in [5, 5.41) is 23.9. The fourth-order valence-corrected chi connectivity index (χ4v) is 9.58. The summed E-state index contributed by atoms with van der Waals surface area (Å²) in [7, 11) is 0. The van der Waals surface area contributed by atoms with Crippen LogP contribution in [-0.2, 0) is 36.9 Å². The molecule has 0 bridgehead atoms. The molecule has 2 aliphatic rings. The topological polar surface area (TPSA) is 213 Å². The molecule has 2 saturated heterocycles. The SMILES string of the molecule is Cc1cccc(/C=N/Nc2cc(N3CCOCC3)nc(OCCc3ccc(NC(=O)CCCCCCCC(=O)N[C@H](C(=O)N4C[C@H](O)C[C@H]4C(=O)NCc4ccc(-c5scnc5C)cc4)C(C)(C)C)cc3)n2)c1.